The van der Waals surface area contributed by atoms with E-state index in [-0.39, 0.29) is 4.90 Å². The normalized spacial score (nSPS) is 11.0. The number of rotatable bonds is 2. The summed E-state index contributed by atoms with van der Waals surface area (Å²) in [6.45, 7) is 3.24. The lowest BCUT2D eigenvalue weighted by Crippen LogP contribution is -2.38. The highest BCUT2D eigenvalue weighted by molar-refractivity contribution is 7.90. The largest absolute Gasteiger partial charge is 0.398 e. The number of anilines is 1. The van der Waals surface area contributed by atoms with Crippen LogP contribution in [0.3, 0.4) is 0 Å². The molecule has 4 N–H and O–H groups in total. The van der Waals surface area contributed by atoms with Gasteiger partial charge in [-0.1, -0.05) is 6.07 Å². The van der Waals surface area contributed by atoms with Gasteiger partial charge >= 0.3 is 6.03 Å². The molecule has 0 saturated carbocycles. The molecular weight excluding hydrogens is 242 g/mol. The lowest BCUT2D eigenvalue weighted by Gasteiger charge is -2.13. The average molecular weight is 257 g/mol. The van der Waals surface area contributed by atoms with Crippen molar-refractivity contribution in [2.75, 3.05) is 12.8 Å². The smallest absolute Gasteiger partial charge is 0.328 e. The zero-order valence-corrected chi connectivity index (χ0v) is 10.7. The molecule has 0 aliphatic carbocycles. The first-order valence-electron chi connectivity index (χ1n) is 4.90. The van der Waals surface area contributed by atoms with Crippen molar-refractivity contribution in [2.45, 2.75) is 18.7 Å². The second-order valence-corrected chi connectivity index (χ2v) is 5.23. The molecule has 0 heterocycles. The van der Waals surface area contributed by atoms with Crippen molar-refractivity contribution in [1.82, 2.24) is 10.0 Å². The van der Waals surface area contributed by atoms with Gasteiger partial charge in [-0.15, -0.1) is 0 Å². The van der Waals surface area contributed by atoms with E-state index in [4.69, 9.17) is 5.73 Å². The second-order valence-electron chi connectivity index (χ2n) is 3.61. The Labute approximate surface area is 100 Å². The highest BCUT2D eigenvalue weighted by Gasteiger charge is 2.22. The molecule has 17 heavy (non-hydrogen) atoms. The number of aryl methyl sites for hydroxylation is 1. The first kappa shape index (κ1) is 13.3. The molecule has 0 atom stereocenters. The van der Waals surface area contributed by atoms with Crippen LogP contribution in [0, 0.1) is 13.8 Å². The molecule has 0 aromatic heterocycles. The Morgan fingerprint density at radius 1 is 1.29 bits per heavy atom. The molecule has 0 radical (unpaired) electrons. The van der Waals surface area contributed by atoms with E-state index in [1.54, 1.807) is 26.0 Å². The van der Waals surface area contributed by atoms with Gasteiger partial charge in [-0.05, 0) is 31.0 Å². The number of carbonyl (C=O) groups excluding carboxylic acids is 1. The lowest BCUT2D eigenvalue weighted by molar-refractivity contribution is 0.248. The van der Waals surface area contributed by atoms with Gasteiger partial charge < -0.3 is 11.1 Å². The molecule has 0 fully saturated rings. The van der Waals surface area contributed by atoms with Crippen LogP contribution in [0.4, 0.5) is 10.5 Å². The summed E-state index contributed by atoms with van der Waals surface area (Å²) < 4.78 is 25.8. The Bertz CT molecular complexity index is 552. The number of nitrogens with two attached hydrogens (primary N) is 1. The summed E-state index contributed by atoms with van der Waals surface area (Å²) in [6.07, 6.45) is 0. The number of hydrogen-bond acceptors (Lipinski definition) is 4. The molecule has 0 aliphatic rings. The SMILES string of the molecule is CNC(=O)NS(=O)(=O)c1c(C)ccc(N)c1C. The van der Waals surface area contributed by atoms with Gasteiger partial charge in [0.25, 0.3) is 10.0 Å². The van der Waals surface area contributed by atoms with Crippen molar-refractivity contribution >= 4 is 21.7 Å². The number of sulfonamides is 1. The molecule has 94 valence electrons. The number of nitrogen functional groups attached to an aromatic ring is 1. The third-order valence-electron chi connectivity index (χ3n) is 2.37. The molecule has 0 aliphatic heterocycles. The Morgan fingerprint density at radius 2 is 1.88 bits per heavy atom. The maximum Gasteiger partial charge on any atom is 0.328 e. The maximum atomic E-state index is 12.0. The van der Waals surface area contributed by atoms with E-state index in [0.717, 1.165) is 0 Å². The first-order chi connectivity index (χ1) is 7.79. The molecular formula is C10H15N3O3S. The van der Waals surface area contributed by atoms with Gasteiger partial charge in [0.15, 0.2) is 0 Å². The number of amides is 2. The maximum absolute atomic E-state index is 12.0. The summed E-state index contributed by atoms with van der Waals surface area (Å²) in [5.41, 5.74) is 6.99. The van der Waals surface area contributed by atoms with Gasteiger partial charge in [0.05, 0.1) is 4.90 Å². The van der Waals surface area contributed by atoms with Gasteiger partial charge in [0.1, 0.15) is 0 Å². The third kappa shape index (κ3) is 2.68. The highest BCUT2D eigenvalue weighted by Crippen LogP contribution is 2.24. The number of urea groups is 1. The van der Waals surface area contributed by atoms with Crippen LogP contribution < -0.4 is 15.8 Å². The minimum atomic E-state index is -3.90. The molecule has 0 saturated heterocycles. The van der Waals surface area contributed by atoms with Crippen molar-refractivity contribution in [2.24, 2.45) is 0 Å². The Hall–Kier alpha value is -1.76. The monoisotopic (exact) mass is 257 g/mol. The third-order valence-corrected chi connectivity index (χ3v) is 3.99. The summed E-state index contributed by atoms with van der Waals surface area (Å²) in [5.74, 6) is 0. The summed E-state index contributed by atoms with van der Waals surface area (Å²) in [4.78, 5) is 11.1. The van der Waals surface area contributed by atoms with E-state index in [9.17, 15) is 13.2 Å². The standard InChI is InChI=1S/C10H15N3O3S/c1-6-4-5-8(11)7(2)9(6)17(15,16)13-10(14)12-3/h4-5H,11H2,1-3H3,(H2,12,13,14). The molecule has 6 nitrogen and oxygen atoms in total. The molecule has 1 rings (SSSR count). The van der Waals surface area contributed by atoms with Crippen molar-refractivity contribution in [3.8, 4) is 0 Å². The zero-order chi connectivity index (χ0) is 13.2. The van der Waals surface area contributed by atoms with E-state index in [2.05, 4.69) is 5.32 Å². The predicted octanol–water partition coefficient (Wildman–Crippen LogP) is 0.503. The fraction of sp³-hybridized carbons (Fsp3) is 0.300. The summed E-state index contributed by atoms with van der Waals surface area (Å²) in [7, 11) is -2.56. The number of nitrogens with one attached hydrogen (secondary N) is 2. The predicted molar refractivity (Wildman–Crippen MR) is 65.1 cm³/mol. The Balaban J connectivity index is 3.34. The topological polar surface area (TPSA) is 101 Å². The molecule has 7 heteroatoms. The van der Waals surface area contributed by atoms with Crippen LogP contribution in [-0.2, 0) is 10.0 Å². The molecule has 1 aromatic rings. The van der Waals surface area contributed by atoms with Crippen molar-refractivity contribution < 1.29 is 13.2 Å². The van der Waals surface area contributed by atoms with E-state index in [1.165, 1.54) is 7.05 Å². The lowest BCUT2D eigenvalue weighted by atomic mass is 10.1. The van der Waals surface area contributed by atoms with Gasteiger partial charge in [-0.2, -0.15) is 0 Å². The summed E-state index contributed by atoms with van der Waals surface area (Å²) in [5, 5.41) is 2.18. The van der Waals surface area contributed by atoms with Crippen molar-refractivity contribution in [3.05, 3.63) is 23.3 Å². The fourth-order valence-electron chi connectivity index (χ4n) is 1.48. The number of carbonyl (C=O) groups is 1. The quantitative estimate of drug-likeness (QED) is 0.671. The van der Waals surface area contributed by atoms with Crippen molar-refractivity contribution in [1.29, 1.82) is 0 Å². The fourth-order valence-corrected chi connectivity index (χ4v) is 2.94. The molecule has 0 unspecified atom stereocenters. The van der Waals surface area contributed by atoms with Gasteiger partial charge in [-0.3, -0.25) is 0 Å². The molecule has 0 bridgehead atoms. The number of hydrogen-bond donors (Lipinski definition) is 3. The molecule has 1 aromatic carbocycles. The van der Waals surface area contributed by atoms with Crippen LogP contribution in [0.15, 0.2) is 17.0 Å². The van der Waals surface area contributed by atoms with Crippen molar-refractivity contribution in [3.63, 3.8) is 0 Å². The summed E-state index contributed by atoms with van der Waals surface area (Å²) >= 11 is 0. The van der Waals surface area contributed by atoms with Crippen LogP contribution in [0.1, 0.15) is 11.1 Å². The van der Waals surface area contributed by atoms with Gasteiger partial charge in [0.2, 0.25) is 0 Å². The van der Waals surface area contributed by atoms with E-state index in [1.807, 2.05) is 4.72 Å². The zero-order valence-electron chi connectivity index (χ0n) is 9.87. The minimum absolute atomic E-state index is 0.0427. The molecule has 0 spiro atoms. The van der Waals surface area contributed by atoms with Crippen LogP contribution in [-0.4, -0.2) is 21.5 Å². The second kappa shape index (κ2) is 4.62. The van der Waals surface area contributed by atoms with Gasteiger partial charge in [0, 0.05) is 12.7 Å². The van der Waals surface area contributed by atoms with Gasteiger partial charge in [-0.25, -0.2) is 17.9 Å². The highest BCUT2D eigenvalue weighted by atomic mass is 32.2. The summed E-state index contributed by atoms with van der Waals surface area (Å²) in [6, 6.07) is 2.44. The molecule has 2 amide bonds. The van der Waals surface area contributed by atoms with E-state index < -0.39 is 16.1 Å². The Kier molecular flexibility index (Phi) is 3.62. The van der Waals surface area contributed by atoms with E-state index >= 15 is 0 Å². The van der Waals surface area contributed by atoms with Crippen LogP contribution in [0.5, 0.6) is 0 Å². The van der Waals surface area contributed by atoms with Crippen LogP contribution >= 0.6 is 0 Å². The van der Waals surface area contributed by atoms with E-state index in [0.29, 0.717) is 16.8 Å². The first-order valence-corrected chi connectivity index (χ1v) is 6.38. The average Bonchev–Trinajstić information content (AvgIpc) is 2.23. The van der Waals surface area contributed by atoms with Crippen LogP contribution in [0.2, 0.25) is 0 Å². The Morgan fingerprint density at radius 3 is 2.41 bits per heavy atom. The van der Waals surface area contributed by atoms with Crippen LogP contribution in [0.25, 0.3) is 0 Å². The minimum Gasteiger partial charge on any atom is -0.398 e. The number of benzene rings is 1.